The lowest BCUT2D eigenvalue weighted by Crippen LogP contribution is -2.47. The molecule has 1 heterocycles. The number of aromatic carboxylic acids is 1. The highest BCUT2D eigenvalue weighted by Crippen LogP contribution is 2.27. The Kier molecular flexibility index (Phi) is 6.95. The average molecular weight is 480 g/mol. The zero-order valence-corrected chi connectivity index (χ0v) is 19.2. The first-order valence-electron chi connectivity index (χ1n) is 10.9. The normalized spacial score (nSPS) is 14.9. The molecule has 0 aromatic heterocycles. The number of sulfonamides is 1. The maximum Gasteiger partial charge on any atom is 0.335 e. The van der Waals surface area contributed by atoms with Crippen LogP contribution >= 0.6 is 0 Å². The molecule has 1 aliphatic rings. The Morgan fingerprint density at radius 2 is 1.56 bits per heavy atom. The van der Waals surface area contributed by atoms with Gasteiger partial charge in [-0.2, -0.15) is 4.31 Å². The Hall–Kier alpha value is -3.69. The summed E-state index contributed by atoms with van der Waals surface area (Å²) in [7, 11) is -3.81. The molecule has 176 valence electrons. The molecule has 34 heavy (non-hydrogen) atoms. The largest absolute Gasteiger partial charge is 0.478 e. The number of rotatable bonds is 6. The molecule has 1 saturated heterocycles. The molecule has 1 aliphatic heterocycles. The highest BCUT2D eigenvalue weighted by Gasteiger charge is 2.30. The van der Waals surface area contributed by atoms with E-state index in [-0.39, 0.29) is 35.6 Å². The van der Waals surface area contributed by atoms with Crippen LogP contribution in [0.5, 0.6) is 0 Å². The number of piperidine rings is 1. The van der Waals surface area contributed by atoms with Gasteiger partial charge in [-0.3, -0.25) is 0 Å². The fraction of sp³-hybridized carbons (Fsp3) is 0.200. The van der Waals surface area contributed by atoms with Crippen LogP contribution in [0.25, 0.3) is 11.1 Å². The topological polar surface area (TPSA) is 116 Å². The third-order valence-corrected chi connectivity index (χ3v) is 7.66. The summed E-state index contributed by atoms with van der Waals surface area (Å²) < 4.78 is 27.2. The molecule has 0 unspecified atom stereocenters. The van der Waals surface area contributed by atoms with Gasteiger partial charge in [0.2, 0.25) is 10.0 Å². The maximum absolute atomic E-state index is 12.9. The third-order valence-electron chi connectivity index (χ3n) is 5.77. The van der Waals surface area contributed by atoms with Crippen molar-refractivity contribution in [1.82, 2.24) is 9.62 Å². The summed E-state index contributed by atoms with van der Waals surface area (Å²) in [5.41, 5.74) is 2.50. The number of carbonyl (C=O) groups is 2. The van der Waals surface area contributed by atoms with Gasteiger partial charge in [0, 0.05) is 24.7 Å². The lowest BCUT2D eigenvalue weighted by molar-refractivity contribution is 0.0696. The molecule has 0 spiro atoms. The number of nitrogens with one attached hydrogen (secondary N) is 2. The number of urea groups is 1. The summed E-state index contributed by atoms with van der Waals surface area (Å²) in [6.07, 6.45) is 0.900. The predicted molar refractivity (Wildman–Crippen MR) is 129 cm³/mol. The fourth-order valence-corrected chi connectivity index (χ4v) is 5.50. The molecule has 1 fully saturated rings. The quantitative estimate of drug-likeness (QED) is 0.494. The first kappa shape index (κ1) is 23.5. The van der Waals surface area contributed by atoms with E-state index in [4.69, 9.17) is 5.11 Å². The summed E-state index contributed by atoms with van der Waals surface area (Å²) in [4.78, 5) is 23.8. The monoisotopic (exact) mass is 479 g/mol. The number of carbonyl (C=O) groups excluding carboxylic acids is 1. The minimum absolute atomic E-state index is 0.0472. The van der Waals surface area contributed by atoms with E-state index in [1.54, 1.807) is 0 Å². The lowest BCUT2D eigenvalue weighted by atomic mass is 10.0. The molecule has 0 bridgehead atoms. The second-order valence-corrected chi connectivity index (χ2v) is 9.96. The van der Waals surface area contributed by atoms with Crippen LogP contribution in [0.4, 0.5) is 10.5 Å². The summed E-state index contributed by atoms with van der Waals surface area (Å²) in [5, 5.41) is 15.0. The molecule has 9 heteroatoms. The number of carboxylic acid groups (broad SMARTS) is 1. The molecule has 2 amide bonds. The number of para-hydroxylation sites is 1. The number of carboxylic acids is 1. The van der Waals surface area contributed by atoms with E-state index >= 15 is 0 Å². The minimum atomic E-state index is -3.81. The van der Waals surface area contributed by atoms with Crippen LogP contribution in [-0.2, 0) is 10.0 Å². The summed E-state index contributed by atoms with van der Waals surface area (Å²) in [5.74, 6) is -1.18. The third kappa shape index (κ3) is 5.27. The van der Waals surface area contributed by atoms with Gasteiger partial charge in [0.05, 0.1) is 16.1 Å². The van der Waals surface area contributed by atoms with Gasteiger partial charge in [-0.25, -0.2) is 18.0 Å². The number of anilines is 1. The van der Waals surface area contributed by atoms with Crippen LogP contribution in [0, 0.1) is 0 Å². The molecular formula is C25H25N3O5S. The van der Waals surface area contributed by atoms with Gasteiger partial charge in [0.1, 0.15) is 0 Å². The van der Waals surface area contributed by atoms with E-state index in [2.05, 4.69) is 10.6 Å². The van der Waals surface area contributed by atoms with Gasteiger partial charge in [0.15, 0.2) is 0 Å². The van der Waals surface area contributed by atoms with Gasteiger partial charge in [-0.15, -0.1) is 0 Å². The first-order chi connectivity index (χ1) is 16.3. The van der Waals surface area contributed by atoms with E-state index in [1.165, 1.54) is 28.6 Å². The molecule has 0 saturated carbocycles. The number of hydrogen-bond donors (Lipinski definition) is 3. The number of benzene rings is 3. The van der Waals surface area contributed by atoms with Crippen molar-refractivity contribution in [3.8, 4) is 11.1 Å². The zero-order chi connectivity index (χ0) is 24.1. The number of amides is 2. The van der Waals surface area contributed by atoms with Crippen LogP contribution in [0.15, 0.2) is 83.8 Å². The van der Waals surface area contributed by atoms with E-state index in [1.807, 2.05) is 54.6 Å². The van der Waals surface area contributed by atoms with Crippen molar-refractivity contribution in [3.63, 3.8) is 0 Å². The van der Waals surface area contributed by atoms with Crippen molar-refractivity contribution in [2.24, 2.45) is 0 Å². The summed E-state index contributed by atoms with van der Waals surface area (Å²) >= 11 is 0. The maximum atomic E-state index is 12.9. The second-order valence-electron chi connectivity index (χ2n) is 8.02. The van der Waals surface area contributed by atoms with Gasteiger partial charge < -0.3 is 15.7 Å². The standard InChI is InChI=1S/C25H25N3O5S/c29-24(30)19-9-6-10-21(17-19)34(32,33)28-15-13-20(14-16-28)26-25(31)27-23-12-5-4-11-22(23)18-7-2-1-3-8-18/h1-12,17,20H,13-16H2,(H,29,30)(H2,26,27,31). The van der Waals surface area contributed by atoms with Crippen LogP contribution in [0.1, 0.15) is 23.2 Å². The van der Waals surface area contributed by atoms with Gasteiger partial charge in [0.25, 0.3) is 0 Å². The van der Waals surface area contributed by atoms with Crippen molar-refractivity contribution in [1.29, 1.82) is 0 Å². The molecular weight excluding hydrogens is 454 g/mol. The second kappa shape index (κ2) is 10.1. The summed E-state index contributed by atoms with van der Waals surface area (Å²) in [6, 6.07) is 22.1. The Bertz CT molecular complexity index is 1290. The van der Waals surface area contributed by atoms with Gasteiger partial charge >= 0.3 is 12.0 Å². The highest BCUT2D eigenvalue weighted by atomic mass is 32.2. The van der Waals surface area contributed by atoms with Crippen LogP contribution in [-0.4, -0.2) is 49.0 Å². The number of hydrogen-bond acceptors (Lipinski definition) is 4. The van der Waals surface area contributed by atoms with Crippen molar-refractivity contribution in [2.45, 2.75) is 23.8 Å². The van der Waals surface area contributed by atoms with Crippen molar-refractivity contribution in [3.05, 3.63) is 84.4 Å². The van der Waals surface area contributed by atoms with E-state index in [0.29, 0.717) is 18.5 Å². The zero-order valence-electron chi connectivity index (χ0n) is 18.3. The van der Waals surface area contributed by atoms with E-state index in [0.717, 1.165) is 11.1 Å². The molecule has 3 aromatic rings. The Morgan fingerprint density at radius 3 is 2.26 bits per heavy atom. The van der Waals surface area contributed by atoms with E-state index in [9.17, 15) is 18.0 Å². The molecule has 0 atom stereocenters. The minimum Gasteiger partial charge on any atom is -0.478 e. The molecule has 3 aromatic carbocycles. The molecule has 8 nitrogen and oxygen atoms in total. The molecule has 3 N–H and O–H groups in total. The Labute approximate surface area is 198 Å². The van der Waals surface area contributed by atoms with Crippen molar-refractivity contribution < 1.29 is 23.1 Å². The highest BCUT2D eigenvalue weighted by molar-refractivity contribution is 7.89. The fourth-order valence-electron chi connectivity index (χ4n) is 3.98. The first-order valence-corrected chi connectivity index (χ1v) is 12.3. The lowest BCUT2D eigenvalue weighted by Gasteiger charge is -2.31. The summed E-state index contributed by atoms with van der Waals surface area (Å²) in [6.45, 7) is 0.455. The smallest absolute Gasteiger partial charge is 0.335 e. The van der Waals surface area contributed by atoms with Gasteiger partial charge in [-0.05, 0) is 42.7 Å². The average Bonchev–Trinajstić information content (AvgIpc) is 2.85. The SMILES string of the molecule is O=C(Nc1ccccc1-c1ccccc1)NC1CCN(S(=O)(=O)c2cccc(C(=O)O)c2)CC1. The Balaban J connectivity index is 1.36. The van der Waals surface area contributed by atoms with Crippen LogP contribution < -0.4 is 10.6 Å². The van der Waals surface area contributed by atoms with Gasteiger partial charge in [-0.1, -0.05) is 54.6 Å². The molecule has 4 rings (SSSR count). The predicted octanol–water partition coefficient (Wildman–Crippen LogP) is 4.03. The molecule has 0 radical (unpaired) electrons. The van der Waals surface area contributed by atoms with Crippen LogP contribution in [0.2, 0.25) is 0 Å². The van der Waals surface area contributed by atoms with Crippen LogP contribution in [0.3, 0.4) is 0 Å². The molecule has 0 aliphatic carbocycles. The Morgan fingerprint density at radius 1 is 0.882 bits per heavy atom. The van der Waals surface area contributed by atoms with Crippen molar-refractivity contribution >= 4 is 27.7 Å². The van der Waals surface area contributed by atoms with E-state index < -0.39 is 16.0 Å². The number of nitrogens with zero attached hydrogens (tertiary/aromatic N) is 1. The van der Waals surface area contributed by atoms with Crippen molar-refractivity contribution in [2.75, 3.05) is 18.4 Å².